The quantitative estimate of drug-likeness (QED) is 0.160. The second-order valence-corrected chi connectivity index (χ2v) is 27.3. The van der Waals surface area contributed by atoms with Gasteiger partial charge in [-0.1, -0.05) is 0 Å². The molecule has 0 aliphatic heterocycles. The van der Waals surface area contributed by atoms with Gasteiger partial charge < -0.3 is 8.97 Å². The van der Waals surface area contributed by atoms with E-state index in [1.54, 1.807) is 0 Å². The van der Waals surface area contributed by atoms with E-state index in [1.165, 1.54) is 6.67 Å². The van der Waals surface area contributed by atoms with Gasteiger partial charge in [-0.15, -0.1) is 0 Å². The molecule has 0 bridgehead atoms. The highest BCUT2D eigenvalue weighted by Crippen LogP contribution is 2.30. The molecule has 0 fully saturated rings. The maximum atomic E-state index is 2.39. The molecule has 364 valence electrons. The lowest BCUT2D eigenvalue weighted by atomic mass is 9.93. The summed E-state index contributed by atoms with van der Waals surface area (Å²) < 4.78 is 4.28. The van der Waals surface area contributed by atoms with Gasteiger partial charge in [0.25, 0.3) is 0 Å². The van der Waals surface area contributed by atoms with Crippen LogP contribution in [0.15, 0.2) is 0 Å². The molecule has 0 spiro atoms. The van der Waals surface area contributed by atoms with Crippen molar-refractivity contribution >= 4 is 0 Å². The van der Waals surface area contributed by atoms with Crippen molar-refractivity contribution in [2.45, 2.75) is 237 Å². The van der Waals surface area contributed by atoms with Gasteiger partial charge in [-0.2, -0.15) is 0 Å². The number of quaternary nitrogens is 4. The van der Waals surface area contributed by atoms with Crippen LogP contribution in [0.3, 0.4) is 0 Å². The summed E-state index contributed by atoms with van der Waals surface area (Å²) in [6.07, 6.45) is 0. The second kappa shape index (κ2) is 24.7. The van der Waals surface area contributed by atoms with Crippen molar-refractivity contribution < 1.29 is 17.9 Å². The van der Waals surface area contributed by atoms with E-state index < -0.39 is 0 Å². The van der Waals surface area contributed by atoms with Crippen LogP contribution in [-0.2, 0) is 0 Å². The van der Waals surface area contributed by atoms with E-state index in [2.05, 4.69) is 284 Å². The average molecular weight is 850 g/mol. The molecule has 0 aromatic carbocycles. The third-order valence-electron chi connectivity index (χ3n) is 14.5. The van der Waals surface area contributed by atoms with Crippen LogP contribution in [0.5, 0.6) is 0 Å². The third-order valence-corrected chi connectivity index (χ3v) is 14.5. The lowest BCUT2D eigenvalue weighted by Crippen LogP contribution is -2.64. The molecule has 8 heteroatoms. The zero-order valence-electron chi connectivity index (χ0n) is 49.0. The molecule has 0 saturated carbocycles. The highest BCUT2D eigenvalue weighted by atomic mass is 15.5. The Balaban J connectivity index is -0.000000207. The molecule has 0 aromatic heterocycles. The Bertz CT molecular complexity index is 1010. The zero-order chi connectivity index (χ0) is 49.7. The van der Waals surface area contributed by atoms with Gasteiger partial charge in [0.05, 0.1) is 92.3 Å². The van der Waals surface area contributed by atoms with Crippen LogP contribution >= 0.6 is 0 Å². The molecule has 0 radical (unpaired) electrons. The van der Waals surface area contributed by atoms with E-state index in [0.29, 0.717) is 35.2 Å². The third kappa shape index (κ3) is 28.9. The van der Waals surface area contributed by atoms with Gasteiger partial charge in [-0.3, -0.25) is 28.6 Å². The van der Waals surface area contributed by atoms with Gasteiger partial charge in [0.2, 0.25) is 6.67 Å². The molecule has 0 rings (SSSR count). The Morgan fingerprint density at radius 1 is 0.373 bits per heavy atom. The molecule has 0 aliphatic carbocycles. The Morgan fingerprint density at radius 3 is 0.729 bits per heavy atom. The number of hydrogen-bond donors (Lipinski definition) is 0. The van der Waals surface area contributed by atoms with E-state index in [4.69, 9.17) is 0 Å². The van der Waals surface area contributed by atoms with E-state index >= 15 is 0 Å². The van der Waals surface area contributed by atoms with Crippen molar-refractivity contribution in [3.63, 3.8) is 0 Å². The van der Waals surface area contributed by atoms with E-state index in [-0.39, 0.29) is 22.2 Å². The monoisotopic (exact) mass is 849 g/mol. The van der Waals surface area contributed by atoms with Gasteiger partial charge in [0.15, 0.2) is 0 Å². The molecular formula is C51H124N8+4. The summed E-state index contributed by atoms with van der Waals surface area (Å²) in [7, 11) is 27.1. The summed E-state index contributed by atoms with van der Waals surface area (Å²) in [4.78, 5) is 9.48. The highest BCUT2D eigenvalue weighted by Gasteiger charge is 2.41. The second-order valence-electron chi connectivity index (χ2n) is 27.3. The standard InChI is InChI=1S/C11H28N2.C11H26N2.C10H25N2.C10H24N.C9H21N/c1-10(2)12(5,6)9-13(7,8)11(3)4;1-10(2,3)12(7)9-13(8)11(4,5)6;1-9(2)11(5)8-12(6,7)10(3)4;1-9(2,3)11(7,8)10(4,5)6;1-8(2,3)10(7)9(4,5)6/h10-11H,9H2,1-8H3;9H2,1-8H3;9-10H,8H2,1-7H3;1-8H3;1-7H3/q+2;;2*+1;. The summed E-state index contributed by atoms with van der Waals surface area (Å²) in [5.41, 5.74) is 1.69. The summed E-state index contributed by atoms with van der Waals surface area (Å²) in [6, 6.07) is 2.71. The summed E-state index contributed by atoms with van der Waals surface area (Å²) in [6.45, 7) is 62.1. The van der Waals surface area contributed by atoms with Gasteiger partial charge in [-0.05, 0) is 208 Å². The van der Waals surface area contributed by atoms with E-state index in [9.17, 15) is 0 Å². The minimum atomic E-state index is 0.250. The van der Waals surface area contributed by atoms with E-state index in [0.717, 1.165) is 31.3 Å². The van der Waals surface area contributed by atoms with E-state index in [1.807, 2.05) is 0 Å². The molecule has 8 nitrogen and oxygen atoms in total. The van der Waals surface area contributed by atoms with Gasteiger partial charge in [0, 0.05) is 28.2 Å². The largest absolute Gasteiger partial charge is 0.320 e. The van der Waals surface area contributed by atoms with Gasteiger partial charge >= 0.3 is 0 Å². The van der Waals surface area contributed by atoms with Crippen LogP contribution < -0.4 is 0 Å². The Kier molecular flexibility index (Phi) is 28.3. The van der Waals surface area contributed by atoms with Gasteiger partial charge in [-0.25, -0.2) is 0 Å². The van der Waals surface area contributed by atoms with Crippen LogP contribution in [0.1, 0.15) is 180 Å². The predicted octanol–water partition coefficient (Wildman–Crippen LogP) is 11.3. The Labute approximate surface area is 378 Å². The maximum absolute atomic E-state index is 2.39. The predicted molar refractivity (Wildman–Crippen MR) is 273 cm³/mol. The molecule has 0 aliphatic rings. The molecule has 0 unspecified atom stereocenters. The molecule has 0 atom stereocenters. The maximum Gasteiger partial charge on any atom is 0.207 e. The van der Waals surface area contributed by atoms with Crippen LogP contribution in [0.4, 0.5) is 0 Å². The first kappa shape index (κ1) is 67.8. The Hall–Kier alpha value is -0.320. The minimum Gasteiger partial charge on any atom is -0.320 e. The summed E-state index contributed by atoms with van der Waals surface area (Å²) in [5.74, 6) is 0. The fraction of sp³-hybridized carbons (Fsp3) is 1.00. The van der Waals surface area contributed by atoms with Crippen molar-refractivity contribution in [2.75, 3.05) is 105 Å². The van der Waals surface area contributed by atoms with Gasteiger partial charge in [0.1, 0.15) is 6.67 Å². The summed E-state index contributed by atoms with van der Waals surface area (Å²) >= 11 is 0. The lowest BCUT2D eigenvalue weighted by molar-refractivity contribution is -1.09. The smallest absolute Gasteiger partial charge is 0.207 e. The molecule has 0 N–H and O–H groups in total. The Morgan fingerprint density at radius 2 is 0.610 bits per heavy atom. The zero-order valence-corrected chi connectivity index (χ0v) is 49.0. The molecule has 0 amide bonds. The van der Waals surface area contributed by atoms with Crippen molar-refractivity contribution in [1.82, 2.24) is 19.6 Å². The van der Waals surface area contributed by atoms with Crippen molar-refractivity contribution in [2.24, 2.45) is 0 Å². The van der Waals surface area contributed by atoms with Crippen molar-refractivity contribution in [3.8, 4) is 0 Å². The van der Waals surface area contributed by atoms with Crippen LogP contribution in [0, 0.1) is 0 Å². The first-order chi connectivity index (χ1) is 25.1. The molecule has 59 heavy (non-hydrogen) atoms. The molecule has 0 saturated heterocycles. The van der Waals surface area contributed by atoms with Crippen molar-refractivity contribution in [3.05, 3.63) is 0 Å². The first-order valence-electron chi connectivity index (χ1n) is 23.3. The molecular weight excluding hydrogens is 725 g/mol. The van der Waals surface area contributed by atoms with Crippen LogP contribution in [0.25, 0.3) is 0 Å². The van der Waals surface area contributed by atoms with Crippen molar-refractivity contribution in [1.29, 1.82) is 0 Å². The van der Waals surface area contributed by atoms with Crippen LogP contribution in [0.2, 0.25) is 0 Å². The number of hydrogen-bond acceptors (Lipinski definition) is 4. The number of rotatable bonds is 10. The average Bonchev–Trinajstić information content (AvgIpc) is 2.94. The fourth-order valence-electron chi connectivity index (χ4n) is 4.92. The minimum absolute atomic E-state index is 0.250. The molecule has 0 heterocycles. The first-order valence-corrected chi connectivity index (χ1v) is 23.3. The summed E-state index contributed by atoms with van der Waals surface area (Å²) in [5, 5.41) is 0. The highest BCUT2D eigenvalue weighted by molar-refractivity contribution is 4.83. The fourth-order valence-corrected chi connectivity index (χ4v) is 4.92. The topological polar surface area (TPSA) is 13.0 Å². The van der Waals surface area contributed by atoms with Crippen LogP contribution in [-0.4, -0.2) is 200 Å². The number of nitrogens with zero attached hydrogens (tertiary/aromatic N) is 8. The lowest BCUT2D eigenvalue weighted by Gasteiger charge is -2.51. The SMILES string of the molecule is CC(C)(C)[N+](C)(C)C(C)(C)C.CC(C)N(C)C[N+](C)(C)C(C)C.CC(C)[N+](C)(C)C[N+](C)(C)C(C)C.CN(C(C)(C)C)C(C)(C)C.CN(CN(C)C(C)(C)C)C(C)(C)C. The normalized spacial score (nSPS) is 14.3. The molecule has 0 aromatic rings.